The maximum atomic E-state index is 12.6. The van der Waals surface area contributed by atoms with E-state index in [0.29, 0.717) is 12.8 Å². The second-order valence-electron chi connectivity index (χ2n) is 21.4. The van der Waals surface area contributed by atoms with Crippen LogP contribution in [-0.2, 0) is 4.79 Å². The molecule has 0 saturated heterocycles. The SMILES string of the molecule is CCCCCCCCCCCCCC/C=C\CCCCCCCCCCCCCC(O)C(=O)NC(CO)C(O)C(O)CCC/C=C/CCCCCCCCCCCCCCCCCCCCCC. The lowest BCUT2D eigenvalue weighted by molar-refractivity contribution is -0.132. The number of amides is 1. The van der Waals surface area contributed by atoms with E-state index in [-0.39, 0.29) is 0 Å². The summed E-state index contributed by atoms with van der Waals surface area (Å²) in [4.78, 5) is 12.6. The van der Waals surface area contributed by atoms with Crippen LogP contribution in [0.4, 0.5) is 0 Å². The first-order valence-corrected chi connectivity index (χ1v) is 30.7. The highest BCUT2D eigenvalue weighted by Gasteiger charge is 2.28. The van der Waals surface area contributed by atoms with Crippen LogP contribution in [0.1, 0.15) is 335 Å². The van der Waals surface area contributed by atoms with Gasteiger partial charge in [0.15, 0.2) is 0 Å². The van der Waals surface area contributed by atoms with Gasteiger partial charge in [-0.2, -0.15) is 0 Å². The molecule has 0 aliphatic rings. The molecule has 0 saturated carbocycles. The van der Waals surface area contributed by atoms with Gasteiger partial charge < -0.3 is 25.7 Å². The summed E-state index contributed by atoms with van der Waals surface area (Å²) in [7, 11) is 0. The number of carbonyl (C=O) groups is 1. The zero-order chi connectivity index (χ0) is 49.5. The Bertz CT molecular complexity index is 1030. The van der Waals surface area contributed by atoms with Crippen LogP contribution >= 0.6 is 0 Å². The number of allylic oxidation sites excluding steroid dienone is 4. The molecule has 404 valence electrons. The Morgan fingerprint density at radius 2 is 0.603 bits per heavy atom. The molecule has 0 aliphatic carbocycles. The van der Waals surface area contributed by atoms with E-state index in [9.17, 15) is 25.2 Å². The molecule has 5 N–H and O–H groups in total. The fourth-order valence-electron chi connectivity index (χ4n) is 9.82. The standard InChI is InChI=1S/C62H121NO5/c1-3-5-7-9-11-13-15-17-19-21-23-25-27-29-30-32-34-36-38-40-42-44-46-48-50-52-54-56-60(66)62(68)63-58(57-64)61(67)59(65)55-53-51-49-47-45-43-41-39-37-35-33-31-28-26-24-22-20-18-16-14-12-10-8-6-4-2/h29-30,47,49,58-61,64-67H,3-28,31-46,48,50-57H2,1-2H3,(H,63,68)/b30-29-,49-47+. The number of aliphatic hydroxyl groups excluding tert-OH is 4. The van der Waals surface area contributed by atoms with Crippen molar-refractivity contribution in [3.05, 3.63) is 24.3 Å². The third kappa shape index (κ3) is 49.8. The van der Waals surface area contributed by atoms with E-state index in [0.717, 1.165) is 38.5 Å². The van der Waals surface area contributed by atoms with Crippen LogP contribution in [0.25, 0.3) is 0 Å². The lowest BCUT2D eigenvalue weighted by atomic mass is 10.00. The number of nitrogens with one attached hydrogen (secondary N) is 1. The maximum Gasteiger partial charge on any atom is 0.249 e. The molecule has 0 aromatic heterocycles. The molecule has 0 rings (SSSR count). The summed E-state index contributed by atoms with van der Waals surface area (Å²) in [5.41, 5.74) is 0. The maximum absolute atomic E-state index is 12.6. The van der Waals surface area contributed by atoms with E-state index in [4.69, 9.17) is 0 Å². The van der Waals surface area contributed by atoms with Crippen molar-refractivity contribution in [1.82, 2.24) is 5.32 Å². The van der Waals surface area contributed by atoms with Gasteiger partial charge in [0.2, 0.25) is 5.91 Å². The Kier molecular flexibility index (Phi) is 55.7. The predicted octanol–water partition coefficient (Wildman–Crippen LogP) is 18.2. The molecule has 0 spiro atoms. The van der Waals surface area contributed by atoms with E-state index in [1.54, 1.807) is 0 Å². The first-order chi connectivity index (χ1) is 33.5. The van der Waals surface area contributed by atoms with Gasteiger partial charge in [0.05, 0.1) is 18.8 Å². The van der Waals surface area contributed by atoms with Crippen LogP contribution in [0.2, 0.25) is 0 Å². The van der Waals surface area contributed by atoms with Crippen molar-refractivity contribution < 1.29 is 25.2 Å². The van der Waals surface area contributed by atoms with Crippen LogP contribution in [0.3, 0.4) is 0 Å². The van der Waals surface area contributed by atoms with Crippen molar-refractivity contribution in [1.29, 1.82) is 0 Å². The molecular formula is C62H121NO5. The highest BCUT2D eigenvalue weighted by atomic mass is 16.3. The van der Waals surface area contributed by atoms with Gasteiger partial charge in [0.25, 0.3) is 0 Å². The monoisotopic (exact) mass is 960 g/mol. The van der Waals surface area contributed by atoms with Gasteiger partial charge in [0.1, 0.15) is 12.2 Å². The minimum absolute atomic E-state index is 0.364. The van der Waals surface area contributed by atoms with Gasteiger partial charge in [0, 0.05) is 0 Å². The predicted molar refractivity (Wildman–Crippen MR) is 298 cm³/mol. The summed E-state index contributed by atoms with van der Waals surface area (Å²) < 4.78 is 0. The lowest BCUT2D eigenvalue weighted by Crippen LogP contribution is -2.53. The van der Waals surface area contributed by atoms with Gasteiger partial charge in [-0.25, -0.2) is 0 Å². The van der Waals surface area contributed by atoms with Crippen LogP contribution in [-0.4, -0.2) is 57.3 Å². The Labute approximate surface area is 425 Å². The molecule has 0 bridgehead atoms. The topological polar surface area (TPSA) is 110 Å². The first-order valence-electron chi connectivity index (χ1n) is 30.7. The summed E-state index contributed by atoms with van der Waals surface area (Å²) in [6, 6.07) is -1.00. The molecule has 68 heavy (non-hydrogen) atoms. The van der Waals surface area contributed by atoms with Crippen LogP contribution in [0.15, 0.2) is 24.3 Å². The average Bonchev–Trinajstić information content (AvgIpc) is 3.34. The molecule has 0 aromatic rings. The summed E-state index contributed by atoms with van der Waals surface area (Å²) in [6.07, 6.45) is 69.8. The molecule has 4 atom stereocenters. The van der Waals surface area contributed by atoms with Crippen LogP contribution in [0.5, 0.6) is 0 Å². The smallest absolute Gasteiger partial charge is 0.249 e. The number of carbonyl (C=O) groups excluding carboxylic acids is 1. The second kappa shape index (κ2) is 56.7. The molecule has 1 amide bonds. The Morgan fingerprint density at radius 1 is 0.353 bits per heavy atom. The zero-order valence-electron chi connectivity index (χ0n) is 45.9. The molecular weight excluding hydrogens is 839 g/mol. The molecule has 0 fully saturated rings. The molecule has 0 aliphatic heterocycles. The van der Waals surface area contributed by atoms with Crippen molar-refractivity contribution >= 4 is 5.91 Å². The largest absolute Gasteiger partial charge is 0.394 e. The van der Waals surface area contributed by atoms with E-state index >= 15 is 0 Å². The quantitative estimate of drug-likeness (QED) is 0.0308. The highest BCUT2D eigenvalue weighted by molar-refractivity contribution is 5.80. The molecule has 0 radical (unpaired) electrons. The molecule has 6 heteroatoms. The van der Waals surface area contributed by atoms with Gasteiger partial charge in [-0.05, 0) is 64.2 Å². The van der Waals surface area contributed by atoms with Crippen molar-refractivity contribution in [2.45, 2.75) is 359 Å². The molecule has 0 heterocycles. The summed E-state index contributed by atoms with van der Waals surface area (Å²) in [6.45, 7) is 4.09. The summed E-state index contributed by atoms with van der Waals surface area (Å²) >= 11 is 0. The highest BCUT2D eigenvalue weighted by Crippen LogP contribution is 2.18. The second-order valence-corrected chi connectivity index (χ2v) is 21.4. The van der Waals surface area contributed by atoms with Gasteiger partial charge in [-0.15, -0.1) is 0 Å². The number of hydrogen-bond acceptors (Lipinski definition) is 5. The Hall–Kier alpha value is -1.21. The van der Waals surface area contributed by atoms with Gasteiger partial charge >= 0.3 is 0 Å². The fraction of sp³-hybridized carbons (Fsp3) is 0.919. The van der Waals surface area contributed by atoms with E-state index in [2.05, 4.69) is 43.5 Å². The van der Waals surface area contributed by atoms with E-state index in [1.807, 2.05) is 0 Å². The first kappa shape index (κ1) is 66.8. The van der Waals surface area contributed by atoms with E-state index in [1.165, 1.54) is 270 Å². The molecule has 4 unspecified atom stereocenters. The normalized spacial score (nSPS) is 13.8. The number of rotatable bonds is 57. The number of aliphatic hydroxyl groups is 4. The average molecular weight is 961 g/mol. The van der Waals surface area contributed by atoms with Crippen LogP contribution < -0.4 is 5.32 Å². The minimum Gasteiger partial charge on any atom is -0.394 e. The zero-order valence-corrected chi connectivity index (χ0v) is 45.9. The van der Waals surface area contributed by atoms with Crippen molar-refractivity contribution in [2.24, 2.45) is 0 Å². The third-order valence-corrected chi connectivity index (χ3v) is 14.6. The Balaban J connectivity index is 3.62. The minimum atomic E-state index is -1.28. The number of hydrogen-bond donors (Lipinski definition) is 5. The van der Waals surface area contributed by atoms with Crippen molar-refractivity contribution in [3.63, 3.8) is 0 Å². The van der Waals surface area contributed by atoms with Crippen molar-refractivity contribution in [3.8, 4) is 0 Å². The van der Waals surface area contributed by atoms with Gasteiger partial charge in [-0.1, -0.05) is 295 Å². The summed E-state index contributed by atoms with van der Waals surface area (Å²) in [5, 5.41) is 44.1. The number of unbranched alkanes of at least 4 members (excludes halogenated alkanes) is 44. The Morgan fingerprint density at radius 3 is 0.882 bits per heavy atom. The van der Waals surface area contributed by atoms with Crippen LogP contribution in [0, 0.1) is 0 Å². The lowest BCUT2D eigenvalue weighted by Gasteiger charge is -2.27. The van der Waals surface area contributed by atoms with Gasteiger partial charge in [-0.3, -0.25) is 4.79 Å². The molecule has 6 nitrogen and oxygen atoms in total. The molecule has 0 aromatic carbocycles. The summed E-state index contributed by atoms with van der Waals surface area (Å²) in [5.74, 6) is -0.589. The van der Waals surface area contributed by atoms with E-state index < -0.39 is 36.9 Å². The van der Waals surface area contributed by atoms with Crippen molar-refractivity contribution in [2.75, 3.05) is 6.61 Å². The third-order valence-electron chi connectivity index (χ3n) is 14.6. The fourth-order valence-corrected chi connectivity index (χ4v) is 9.82.